The average molecular weight is 424 g/mol. The van der Waals surface area contributed by atoms with Gasteiger partial charge in [0.1, 0.15) is 22.2 Å². The molecule has 28 heavy (non-hydrogen) atoms. The maximum Gasteiger partial charge on any atom is 0.258 e. The molecule has 9 heteroatoms. The predicted octanol–water partition coefficient (Wildman–Crippen LogP) is 5.00. The van der Waals surface area contributed by atoms with E-state index in [0.717, 1.165) is 5.56 Å². The molecule has 0 aliphatic rings. The largest absolute Gasteiger partial charge is 0.497 e. The van der Waals surface area contributed by atoms with Gasteiger partial charge < -0.3 is 14.8 Å². The molecule has 2 rings (SSSR count). The smallest absolute Gasteiger partial charge is 0.258 e. The number of methoxy groups -OCH3 is 2. The highest BCUT2D eigenvalue weighted by atomic mass is 35.5. The number of azo groups is 1. The summed E-state index contributed by atoms with van der Waals surface area (Å²) in [6.07, 6.45) is 0. The van der Waals surface area contributed by atoms with Gasteiger partial charge in [-0.3, -0.25) is 9.59 Å². The molecular formula is C19H19Cl2N3O4. The maximum absolute atomic E-state index is 12.6. The molecule has 0 fully saturated rings. The molecule has 0 aromatic heterocycles. The Bertz CT molecular complexity index is 932. The molecule has 2 aromatic rings. The van der Waals surface area contributed by atoms with Gasteiger partial charge in [-0.05, 0) is 31.5 Å². The Morgan fingerprint density at radius 2 is 1.82 bits per heavy atom. The summed E-state index contributed by atoms with van der Waals surface area (Å²) in [6, 6.07) is 6.88. The number of Topliss-reactive ketones (excluding diaryl/α,β-unsaturated/α-hetero) is 1. The summed E-state index contributed by atoms with van der Waals surface area (Å²) >= 11 is 12.3. The molecule has 1 N–H and O–H groups in total. The SMILES string of the molecule is COc1cc(NC(=O)C(N=Nc2cc(C)ccc2Cl)C(C)=O)c(Cl)c(OC)c1. The Balaban J connectivity index is 2.30. The summed E-state index contributed by atoms with van der Waals surface area (Å²) in [5, 5.41) is 10.9. The van der Waals surface area contributed by atoms with Crippen LogP contribution in [0.3, 0.4) is 0 Å². The molecule has 0 saturated heterocycles. The quantitative estimate of drug-likeness (QED) is 0.501. The summed E-state index contributed by atoms with van der Waals surface area (Å²) in [6.45, 7) is 3.11. The molecule has 1 atom stereocenters. The van der Waals surface area contributed by atoms with Crippen LogP contribution in [0.15, 0.2) is 40.6 Å². The third-order valence-electron chi connectivity index (χ3n) is 3.74. The van der Waals surface area contributed by atoms with E-state index in [9.17, 15) is 9.59 Å². The number of carbonyl (C=O) groups excluding carboxylic acids is 2. The second-order valence-electron chi connectivity index (χ2n) is 5.86. The highest BCUT2D eigenvalue weighted by Gasteiger charge is 2.25. The van der Waals surface area contributed by atoms with Crippen LogP contribution in [0.1, 0.15) is 12.5 Å². The van der Waals surface area contributed by atoms with Gasteiger partial charge in [0.2, 0.25) is 6.04 Å². The molecular weight excluding hydrogens is 405 g/mol. The van der Waals surface area contributed by atoms with E-state index < -0.39 is 17.7 Å². The van der Waals surface area contributed by atoms with Gasteiger partial charge in [-0.2, -0.15) is 10.2 Å². The van der Waals surface area contributed by atoms with Crippen LogP contribution in [0, 0.1) is 6.92 Å². The van der Waals surface area contributed by atoms with Gasteiger partial charge in [-0.15, -0.1) is 0 Å². The Morgan fingerprint density at radius 3 is 2.43 bits per heavy atom. The summed E-state index contributed by atoms with van der Waals surface area (Å²) in [4.78, 5) is 24.6. The highest BCUT2D eigenvalue weighted by Crippen LogP contribution is 2.36. The number of anilines is 1. The minimum absolute atomic E-state index is 0.164. The topological polar surface area (TPSA) is 89.4 Å². The summed E-state index contributed by atoms with van der Waals surface area (Å²) < 4.78 is 10.3. The fraction of sp³-hybridized carbons (Fsp3) is 0.263. The first-order chi connectivity index (χ1) is 13.3. The molecule has 148 valence electrons. The van der Waals surface area contributed by atoms with Crippen molar-refractivity contribution >= 4 is 46.3 Å². The van der Waals surface area contributed by atoms with E-state index in [1.807, 2.05) is 13.0 Å². The fourth-order valence-corrected chi connectivity index (χ4v) is 2.66. The van der Waals surface area contributed by atoms with Gasteiger partial charge in [-0.1, -0.05) is 29.3 Å². The lowest BCUT2D eigenvalue weighted by molar-refractivity contribution is -0.126. The molecule has 2 aromatic carbocycles. The average Bonchev–Trinajstić information content (AvgIpc) is 2.65. The lowest BCUT2D eigenvalue weighted by Crippen LogP contribution is -2.32. The molecule has 7 nitrogen and oxygen atoms in total. The van der Waals surface area contributed by atoms with E-state index in [2.05, 4.69) is 15.5 Å². The molecule has 0 bridgehead atoms. The summed E-state index contributed by atoms with van der Waals surface area (Å²) in [5.41, 5.74) is 1.50. The first kappa shape index (κ1) is 21.7. The van der Waals surface area contributed by atoms with Crippen molar-refractivity contribution in [3.05, 3.63) is 45.9 Å². The van der Waals surface area contributed by atoms with Gasteiger partial charge in [-0.25, -0.2) is 0 Å². The molecule has 0 radical (unpaired) electrons. The minimum Gasteiger partial charge on any atom is -0.497 e. The number of amides is 1. The van der Waals surface area contributed by atoms with E-state index in [-0.39, 0.29) is 10.7 Å². The maximum atomic E-state index is 12.6. The van der Waals surface area contributed by atoms with Crippen molar-refractivity contribution in [1.82, 2.24) is 0 Å². The van der Waals surface area contributed by atoms with Gasteiger partial charge in [0.05, 0.1) is 24.9 Å². The van der Waals surface area contributed by atoms with E-state index in [1.165, 1.54) is 27.2 Å². The number of aryl methyl sites for hydroxylation is 1. The second kappa shape index (κ2) is 9.52. The van der Waals surface area contributed by atoms with Crippen molar-refractivity contribution in [2.45, 2.75) is 19.9 Å². The van der Waals surface area contributed by atoms with Gasteiger partial charge in [0, 0.05) is 12.1 Å². The van der Waals surface area contributed by atoms with Crippen LogP contribution in [-0.2, 0) is 9.59 Å². The minimum atomic E-state index is -1.37. The lowest BCUT2D eigenvalue weighted by atomic mass is 10.2. The number of nitrogens with zero attached hydrogens (tertiary/aromatic N) is 2. The van der Waals surface area contributed by atoms with Crippen molar-refractivity contribution in [3.63, 3.8) is 0 Å². The number of nitrogens with one attached hydrogen (secondary N) is 1. The normalized spacial score (nSPS) is 11.9. The first-order valence-corrected chi connectivity index (χ1v) is 8.92. The Hall–Kier alpha value is -2.64. The number of benzene rings is 2. The van der Waals surface area contributed by atoms with Crippen molar-refractivity contribution in [2.24, 2.45) is 10.2 Å². The van der Waals surface area contributed by atoms with Crippen molar-refractivity contribution < 1.29 is 19.1 Å². The van der Waals surface area contributed by atoms with Crippen molar-refractivity contribution in [1.29, 1.82) is 0 Å². The van der Waals surface area contributed by atoms with Crippen LogP contribution in [0.25, 0.3) is 0 Å². The molecule has 1 amide bonds. The third-order valence-corrected chi connectivity index (χ3v) is 4.45. The summed E-state index contributed by atoms with van der Waals surface area (Å²) in [5.74, 6) is -0.457. The van der Waals surface area contributed by atoms with Crippen molar-refractivity contribution in [2.75, 3.05) is 19.5 Å². The number of hydrogen-bond acceptors (Lipinski definition) is 6. The van der Waals surface area contributed by atoms with Gasteiger partial charge >= 0.3 is 0 Å². The Kier molecular flexibility index (Phi) is 7.37. The van der Waals surface area contributed by atoms with Gasteiger partial charge in [0.15, 0.2) is 5.78 Å². The highest BCUT2D eigenvalue weighted by molar-refractivity contribution is 6.35. The molecule has 0 heterocycles. The molecule has 0 saturated carbocycles. The molecule has 1 unspecified atom stereocenters. The zero-order valence-corrected chi connectivity index (χ0v) is 17.3. The number of rotatable bonds is 7. The van der Waals surface area contributed by atoms with E-state index >= 15 is 0 Å². The molecule has 0 spiro atoms. The zero-order valence-electron chi connectivity index (χ0n) is 15.7. The number of carbonyl (C=O) groups is 2. The van der Waals surface area contributed by atoms with E-state index in [1.54, 1.807) is 18.2 Å². The molecule has 0 aliphatic carbocycles. The number of ketones is 1. The Morgan fingerprint density at radius 1 is 1.11 bits per heavy atom. The van der Waals surface area contributed by atoms with Crippen LogP contribution < -0.4 is 14.8 Å². The van der Waals surface area contributed by atoms with Crippen LogP contribution in [0.4, 0.5) is 11.4 Å². The fourth-order valence-electron chi connectivity index (χ4n) is 2.27. The van der Waals surface area contributed by atoms with Crippen LogP contribution in [0.2, 0.25) is 10.0 Å². The Labute approximate surface area is 172 Å². The van der Waals surface area contributed by atoms with Crippen molar-refractivity contribution in [3.8, 4) is 11.5 Å². The third kappa shape index (κ3) is 5.21. The number of halogens is 2. The lowest BCUT2D eigenvalue weighted by Gasteiger charge is -2.14. The number of ether oxygens (including phenoxy) is 2. The molecule has 0 aliphatic heterocycles. The van der Waals surface area contributed by atoms with Crippen LogP contribution >= 0.6 is 23.2 Å². The van der Waals surface area contributed by atoms with Crippen LogP contribution in [-0.4, -0.2) is 32.0 Å². The standard InChI is InChI=1S/C19H19Cl2N3O4/c1-10-5-6-13(20)14(7-10)23-24-18(11(2)25)19(26)22-15-8-12(27-3)9-16(28-4)17(15)21/h5-9,18H,1-4H3,(H,22,26). The van der Waals surface area contributed by atoms with Crippen LogP contribution in [0.5, 0.6) is 11.5 Å². The second-order valence-corrected chi connectivity index (χ2v) is 6.65. The predicted molar refractivity (Wildman–Crippen MR) is 108 cm³/mol. The van der Waals surface area contributed by atoms with E-state index in [4.69, 9.17) is 32.7 Å². The van der Waals surface area contributed by atoms with Gasteiger partial charge in [0.25, 0.3) is 5.91 Å². The zero-order chi connectivity index (χ0) is 20.8. The number of hydrogen-bond donors (Lipinski definition) is 1. The first-order valence-electron chi connectivity index (χ1n) is 8.16. The summed E-state index contributed by atoms with van der Waals surface area (Å²) in [7, 11) is 2.90. The monoisotopic (exact) mass is 423 g/mol. The van der Waals surface area contributed by atoms with E-state index in [0.29, 0.717) is 22.2 Å².